The summed E-state index contributed by atoms with van der Waals surface area (Å²) in [5, 5.41) is 8.98. The highest BCUT2D eigenvalue weighted by Crippen LogP contribution is 2.57. The number of fused-ring (bicyclic) bond motifs is 4. The highest BCUT2D eigenvalue weighted by atomic mass is 14.4. The molecule has 9 rings (SSSR count). The molecule has 0 atom stereocenters. The summed E-state index contributed by atoms with van der Waals surface area (Å²) in [6.45, 7) is 58.4. The van der Waals surface area contributed by atoms with Gasteiger partial charge in [0.2, 0.25) is 0 Å². The summed E-state index contributed by atoms with van der Waals surface area (Å²) >= 11 is 0. The third-order valence-corrected chi connectivity index (χ3v) is 23.8. The van der Waals surface area contributed by atoms with Crippen LogP contribution in [-0.4, -0.2) is 130 Å². The van der Waals surface area contributed by atoms with Gasteiger partial charge in [-0.1, -0.05) is 22.0 Å². The van der Waals surface area contributed by atoms with Crippen molar-refractivity contribution in [3.05, 3.63) is 145 Å². The third kappa shape index (κ3) is 9.82. The van der Waals surface area contributed by atoms with Gasteiger partial charge in [0, 0.05) is 102 Å². The summed E-state index contributed by atoms with van der Waals surface area (Å²) in [5.41, 5.74) is 44.3. The molecule has 0 heterocycles. The second-order valence-electron chi connectivity index (χ2n) is 27.6. The van der Waals surface area contributed by atoms with Gasteiger partial charge in [-0.05, 0) is 407 Å². The maximum atomic E-state index is 8.10. The molecule has 22 radical (unpaired) electrons. The van der Waals surface area contributed by atoms with Gasteiger partial charge in [-0.3, -0.25) is 0 Å². The molecule has 0 spiro atoms. The normalized spacial score (nSPS) is 11.7. The number of hydrogen-bond acceptors (Lipinski definition) is 0. The van der Waals surface area contributed by atoms with Gasteiger partial charge in [0.1, 0.15) is 7.85 Å². The zero-order valence-electron chi connectivity index (χ0n) is 59.4. The van der Waals surface area contributed by atoms with E-state index in [0.717, 1.165) is 44.0 Å². The van der Waals surface area contributed by atoms with E-state index in [4.69, 9.17) is 77.5 Å². The van der Waals surface area contributed by atoms with E-state index < -0.39 is 38.5 Å². The van der Waals surface area contributed by atoms with E-state index in [-0.39, 0.29) is 0 Å². The predicted octanol–water partition coefficient (Wildman–Crippen LogP) is 10.8. The highest BCUT2D eigenvalue weighted by Gasteiger charge is 2.39. The zero-order chi connectivity index (χ0) is 67.4. The Hall–Kier alpha value is -4.81. The molecule has 9 aromatic rings. The van der Waals surface area contributed by atoms with Crippen molar-refractivity contribution >= 4 is 195 Å². The number of rotatable bonds is 12. The Bertz CT molecular complexity index is 4580. The molecule has 18 heteroatoms. The van der Waals surface area contributed by atoms with E-state index in [1.165, 1.54) is 190 Å². The molecule has 0 amide bonds. The molecule has 0 saturated carbocycles. The van der Waals surface area contributed by atoms with Crippen molar-refractivity contribution in [2.24, 2.45) is 0 Å². The Morgan fingerprint density at radius 2 is 0.456 bits per heavy atom. The Morgan fingerprint density at radius 1 is 0.222 bits per heavy atom. The van der Waals surface area contributed by atoms with Gasteiger partial charge in [0.25, 0.3) is 0 Å². The fourth-order valence-electron chi connectivity index (χ4n) is 17.3. The fraction of sp³-hybridized carbons (Fsp3) is 0.361. The molecule has 0 bridgehead atoms. The van der Waals surface area contributed by atoms with Crippen LogP contribution in [0.25, 0.3) is 87.6 Å². The molecule has 90 heavy (non-hydrogen) atoms. The van der Waals surface area contributed by atoms with Crippen LogP contribution >= 0.6 is 0 Å². The third-order valence-electron chi connectivity index (χ3n) is 23.8. The lowest BCUT2D eigenvalue weighted by atomic mass is 8.67. The van der Waals surface area contributed by atoms with Crippen molar-refractivity contribution in [1.82, 2.24) is 0 Å². The summed E-state index contributed by atoms with van der Waals surface area (Å²) in [5.74, 6) is 0. The van der Waals surface area contributed by atoms with Crippen LogP contribution in [0.2, 0.25) is 0 Å². The van der Waals surface area contributed by atoms with Crippen molar-refractivity contribution in [2.75, 3.05) is 0 Å². The SMILES string of the molecule is [B][B]B([B])B(B([B])[B])c1c(B(B([B])[B])B([B])[B])c(C)c(C)c2c(C)c(-c3c4c(C)c(C)c(-c5c(C)c(C)c(C)c(C)c5C)c(C)c4c(-c4c(C)c(C)c5c(C)c(C)c(C)c(C)c5c4C)c4c(C)c(C)c(-c5c(C)c(C)c(C)c(C)c5C)c(C)c34)c([B][B])c([B])c12. The smallest absolute Gasteiger partial charge is 0.103 e. The topological polar surface area (TPSA) is 0 Å². The Balaban J connectivity index is 1.76. The number of benzene rings is 9. The standard InChI is InChI=1S/C72H78B18/c1-27-29(3)35(9)53(36(10)30(27)4)57-44(18)46(20)62-63(50(57)24)66(59-42(16)41(15)55-39(13)33(7)34(8)40(14)56(55)49(59)23)61-45(19)43(17)58(54-37(11)31(5)28(2)32(6)38(54)12)51(25)64(61)67(62)65-52(26)60-47(21)48(22)71(85(87(76)77)88(78)79)72(68(60)69(73)70(65)83-74)86(89(80)81)90(82)84-75/h1-26H3. The van der Waals surface area contributed by atoms with Crippen molar-refractivity contribution in [3.8, 4) is 44.5 Å². The summed E-state index contributed by atoms with van der Waals surface area (Å²) in [6.07, 6.45) is -3.82. The lowest BCUT2D eigenvalue weighted by Gasteiger charge is -2.37. The van der Waals surface area contributed by atoms with Gasteiger partial charge < -0.3 is 0 Å². The minimum Gasteiger partial charge on any atom is -0.103 e. The zero-order valence-corrected chi connectivity index (χ0v) is 59.4. The van der Waals surface area contributed by atoms with Crippen molar-refractivity contribution < 1.29 is 0 Å². The lowest BCUT2D eigenvalue weighted by Crippen LogP contribution is -2.72. The molecule has 0 saturated heterocycles. The lowest BCUT2D eigenvalue weighted by molar-refractivity contribution is 1.17. The van der Waals surface area contributed by atoms with E-state index in [1.807, 2.05) is 0 Å². The maximum Gasteiger partial charge on any atom is 0.113 e. The average Bonchev–Trinajstić information content (AvgIpc) is 0.685. The van der Waals surface area contributed by atoms with Crippen LogP contribution in [0.4, 0.5) is 0 Å². The molecule has 0 aliphatic rings. The van der Waals surface area contributed by atoms with Gasteiger partial charge in [-0.25, -0.2) is 0 Å². The molecule has 0 unspecified atom stereocenters. The number of aryl methyl sites for hydroxylation is 10. The molecule has 420 valence electrons. The summed E-state index contributed by atoms with van der Waals surface area (Å²) in [7, 11) is 72.8. The van der Waals surface area contributed by atoms with Gasteiger partial charge in [0.15, 0.2) is 0 Å². The number of hydrogen-bond donors (Lipinski definition) is 0. The molecule has 0 aromatic heterocycles. The Morgan fingerprint density at radius 3 is 0.811 bits per heavy atom. The van der Waals surface area contributed by atoms with E-state index in [0.29, 0.717) is 27.2 Å². The highest BCUT2D eigenvalue weighted by molar-refractivity contribution is 7.89. The Kier molecular flexibility index (Phi) is 19.2. The monoisotopic (exact) mass is 1140 g/mol. The fourth-order valence-corrected chi connectivity index (χ4v) is 17.3. The quantitative estimate of drug-likeness (QED) is 0.0845. The maximum absolute atomic E-state index is 8.10. The van der Waals surface area contributed by atoms with Gasteiger partial charge in [0.05, 0.1) is 20.2 Å². The van der Waals surface area contributed by atoms with Gasteiger partial charge in [-0.15, -0.1) is 5.46 Å². The molecule has 0 fully saturated rings. The second-order valence-corrected chi connectivity index (χ2v) is 27.6. The second kappa shape index (κ2) is 24.8. The van der Waals surface area contributed by atoms with Gasteiger partial charge in [-0.2, -0.15) is 0 Å². The van der Waals surface area contributed by atoms with Gasteiger partial charge >= 0.3 is 0 Å². The predicted molar refractivity (Wildman–Crippen MR) is 423 cm³/mol. The minimum absolute atomic E-state index is 0.425. The first-order valence-corrected chi connectivity index (χ1v) is 32.3. The first-order chi connectivity index (χ1) is 41.9. The van der Waals surface area contributed by atoms with Crippen LogP contribution in [0.15, 0.2) is 0 Å². The van der Waals surface area contributed by atoms with E-state index >= 15 is 0 Å². The van der Waals surface area contributed by atoms with E-state index in [1.54, 1.807) is 7.17 Å². The largest absolute Gasteiger partial charge is 0.113 e. The van der Waals surface area contributed by atoms with E-state index in [2.05, 4.69) is 180 Å². The first kappa shape index (κ1) is 69.5. The summed E-state index contributed by atoms with van der Waals surface area (Å²) in [6, 6.07) is 0. The van der Waals surface area contributed by atoms with Crippen molar-refractivity contribution in [2.45, 2.75) is 180 Å². The van der Waals surface area contributed by atoms with Crippen molar-refractivity contribution in [1.29, 1.82) is 0 Å². The molecule has 0 aliphatic heterocycles. The molecule has 0 aliphatic carbocycles. The van der Waals surface area contributed by atoms with Crippen LogP contribution in [0.5, 0.6) is 0 Å². The molecule has 9 aromatic carbocycles. The molecular formula is C72H78B18. The van der Waals surface area contributed by atoms with Crippen LogP contribution in [0.1, 0.15) is 145 Å². The molecule has 0 nitrogen and oxygen atoms in total. The summed E-state index contributed by atoms with van der Waals surface area (Å²) in [4.78, 5) is 0. The molecule has 0 N–H and O–H groups in total. The van der Waals surface area contributed by atoms with Crippen molar-refractivity contribution in [3.63, 3.8) is 0 Å². The Labute approximate surface area is 560 Å². The minimum atomic E-state index is -1.02. The van der Waals surface area contributed by atoms with Crippen LogP contribution < -0.4 is 21.9 Å². The summed E-state index contributed by atoms with van der Waals surface area (Å²) < 4.78 is 0. The first-order valence-electron chi connectivity index (χ1n) is 32.3. The van der Waals surface area contributed by atoms with Crippen LogP contribution in [0, 0.1) is 180 Å². The average molecular weight is 1140 g/mol. The van der Waals surface area contributed by atoms with Crippen LogP contribution in [-0.2, 0) is 0 Å². The van der Waals surface area contributed by atoms with E-state index in [9.17, 15) is 0 Å². The molecular weight excluding hydrogens is 1060 g/mol. The van der Waals surface area contributed by atoms with Crippen LogP contribution in [0.3, 0.4) is 0 Å².